The number of rotatable bonds is 4. The van der Waals surface area contributed by atoms with Gasteiger partial charge in [-0.05, 0) is 53.0 Å². The minimum atomic E-state index is -0.380. The Morgan fingerprint density at radius 1 is 1.18 bits per heavy atom. The molecule has 1 aliphatic heterocycles. The van der Waals surface area contributed by atoms with E-state index >= 15 is 0 Å². The molecular weight excluding hydrogens is 424 g/mol. The lowest BCUT2D eigenvalue weighted by Gasteiger charge is -2.32. The van der Waals surface area contributed by atoms with E-state index in [0.717, 1.165) is 23.1 Å². The van der Waals surface area contributed by atoms with Crippen LogP contribution in [0.25, 0.3) is 5.69 Å². The molecular formula is C19H19BrN6O2. The van der Waals surface area contributed by atoms with Crippen molar-refractivity contribution in [2.45, 2.75) is 18.9 Å². The first-order chi connectivity index (χ1) is 13.7. The molecule has 1 atom stereocenters. The Bertz CT molecular complexity index is 932. The number of aromatic nitrogens is 4. The van der Waals surface area contributed by atoms with Crippen LogP contribution in [-0.2, 0) is 0 Å². The molecule has 1 saturated heterocycles. The van der Waals surface area contributed by atoms with Crippen LogP contribution < -0.4 is 10.1 Å². The molecule has 1 unspecified atom stereocenters. The van der Waals surface area contributed by atoms with Crippen molar-refractivity contribution in [3.63, 3.8) is 0 Å². The number of carbonyl (C=O) groups is 1. The number of piperidine rings is 1. The van der Waals surface area contributed by atoms with Crippen LogP contribution in [0, 0.1) is 0 Å². The number of benzene rings is 1. The van der Waals surface area contributed by atoms with Crippen LogP contribution in [0.5, 0.6) is 5.75 Å². The van der Waals surface area contributed by atoms with Crippen molar-refractivity contribution >= 4 is 27.8 Å². The van der Waals surface area contributed by atoms with E-state index < -0.39 is 0 Å². The second-order valence-corrected chi connectivity index (χ2v) is 7.36. The van der Waals surface area contributed by atoms with Crippen molar-refractivity contribution in [1.82, 2.24) is 24.9 Å². The van der Waals surface area contributed by atoms with Crippen LogP contribution in [0.4, 0.5) is 10.6 Å². The maximum atomic E-state index is 12.7. The smallest absolute Gasteiger partial charge is 0.408 e. The van der Waals surface area contributed by atoms with Crippen molar-refractivity contribution < 1.29 is 9.53 Å². The van der Waals surface area contributed by atoms with E-state index in [9.17, 15) is 4.79 Å². The number of amides is 1. The molecule has 8 nitrogen and oxygen atoms in total. The molecule has 1 amide bonds. The Labute approximate surface area is 170 Å². The van der Waals surface area contributed by atoms with Gasteiger partial charge in [0, 0.05) is 29.8 Å². The molecule has 0 radical (unpaired) electrons. The highest BCUT2D eigenvalue weighted by Crippen LogP contribution is 2.23. The first-order valence-corrected chi connectivity index (χ1v) is 9.79. The van der Waals surface area contributed by atoms with Gasteiger partial charge in [0.25, 0.3) is 0 Å². The lowest BCUT2D eigenvalue weighted by molar-refractivity contribution is 0.139. The number of nitrogens with one attached hydrogen (secondary N) is 1. The van der Waals surface area contributed by atoms with Gasteiger partial charge in [-0.25, -0.2) is 9.78 Å². The first kappa shape index (κ1) is 18.4. The van der Waals surface area contributed by atoms with Gasteiger partial charge >= 0.3 is 6.09 Å². The van der Waals surface area contributed by atoms with Gasteiger partial charge < -0.3 is 15.0 Å². The van der Waals surface area contributed by atoms with Gasteiger partial charge in [0.1, 0.15) is 11.5 Å². The summed E-state index contributed by atoms with van der Waals surface area (Å²) in [6, 6.07) is 11.2. The van der Waals surface area contributed by atoms with E-state index in [2.05, 4.69) is 36.4 Å². The molecule has 3 aromatic rings. The van der Waals surface area contributed by atoms with Crippen molar-refractivity contribution in [2.75, 3.05) is 18.4 Å². The summed E-state index contributed by atoms with van der Waals surface area (Å²) >= 11 is 3.38. The third kappa shape index (κ3) is 4.30. The predicted octanol–water partition coefficient (Wildman–Crippen LogP) is 3.50. The Morgan fingerprint density at radius 3 is 2.79 bits per heavy atom. The number of halogens is 1. The average Bonchev–Trinajstić information content (AvgIpc) is 3.25. The summed E-state index contributed by atoms with van der Waals surface area (Å²) in [6.07, 6.45) is 6.39. The Hall–Kier alpha value is -2.94. The molecule has 1 aromatic carbocycles. The molecule has 3 heterocycles. The summed E-state index contributed by atoms with van der Waals surface area (Å²) in [5.74, 6) is 1.21. The van der Waals surface area contributed by atoms with Crippen LogP contribution in [0.2, 0.25) is 0 Å². The zero-order chi connectivity index (χ0) is 19.3. The second-order valence-electron chi connectivity index (χ2n) is 6.45. The minimum Gasteiger partial charge on any atom is -0.408 e. The fourth-order valence-electron chi connectivity index (χ4n) is 3.14. The maximum absolute atomic E-state index is 12.7. The van der Waals surface area contributed by atoms with Gasteiger partial charge in [-0.2, -0.15) is 10.2 Å². The molecule has 1 N–H and O–H groups in total. The molecule has 0 spiro atoms. The number of hydrogen-bond donors (Lipinski definition) is 1. The predicted molar refractivity (Wildman–Crippen MR) is 108 cm³/mol. The molecule has 0 saturated carbocycles. The zero-order valence-electron chi connectivity index (χ0n) is 15.0. The number of likely N-dealkylation sites (tertiary alicyclic amines) is 1. The number of nitrogens with zero attached hydrogens (tertiary/aromatic N) is 5. The highest BCUT2D eigenvalue weighted by molar-refractivity contribution is 9.10. The van der Waals surface area contributed by atoms with Gasteiger partial charge in [-0.3, -0.25) is 0 Å². The highest BCUT2D eigenvalue weighted by Gasteiger charge is 2.26. The maximum Gasteiger partial charge on any atom is 0.415 e. The quantitative estimate of drug-likeness (QED) is 0.665. The van der Waals surface area contributed by atoms with Crippen molar-refractivity contribution in [2.24, 2.45) is 0 Å². The SMILES string of the molecule is O=C(Oc1ccccc1-n1nccn1)N1CCCC(Nc2ccc(Br)cn2)C1. The monoisotopic (exact) mass is 442 g/mol. The van der Waals surface area contributed by atoms with E-state index in [0.29, 0.717) is 24.5 Å². The van der Waals surface area contributed by atoms with E-state index in [-0.39, 0.29) is 12.1 Å². The summed E-state index contributed by atoms with van der Waals surface area (Å²) in [7, 11) is 0. The molecule has 9 heteroatoms. The standard InChI is InChI=1S/C19H19BrN6O2/c20-14-7-8-18(21-12-14)24-15-4-3-11-25(13-15)19(27)28-17-6-2-1-5-16(17)26-22-9-10-23-26/h1-2,5-10,12,15H,3-4,11,13H2,(H,21,24). The fourth-order valence-corrected chi connectivity index (χ4v) is 3.37. The van der Waals surface area contributed by atoms with Crippen molar-refractivity contribution in [3.05, 3.63) is 59.5 Å². The summed E-state index contributed by atoms with van der Waals surface area (Å²) in [5.41, 5.74) is 0.617. The van der Waals surface area contributed by atoms with E-state index in [1.165, 1.54) is 4.80 Å². The number of anilines is 1. The summed E-state index contributed by atoms with van der Waals surface area (Å²) < 4.78 is 6.59. The van der Waals surface area contributed by atoms with Crippen LogP contribution in [-0.4, -0.2) is 50.1 Å². The average molecular weight is 443 g/mol. The number of ether oxygens (including phenoxy) is 1. The molecule has 2 aromatic heterocycles. The van der Waals surface area contributed by atoms with Crippen LogP contribution in [0.1, 0.15) is 12.8 Å². The molecule has 28 heavy (non-hydrogen) atoms. The van der Waals surface area contributed by atoms with Crippen LogP contribution >= 0.6 is 15.9 Å². The van der Waals surface area contributed by atoms with Gasteiger partial charge in [0.2, 0.25) is 0 Å². The summed E-state index contributed by atoms with van der Waals surface area (Å²) in [6.45, 7) is 1.21. The number of para-hydroxylation sites is 2. The lowest BCUT2D eigenvalue weighted by Crippen LogP contribution is -2.46. The van der Waals surface area contributed by atoms with E-state index in [4.69, 9.17) is 4.74 Å². The Balaban J connectivity index is 1.42. The highest BCUT2D eigenvalue weighted by atomic mass is 79.9. The molecule has 0 aliphatic carbocycles. The summed E-state index contributed by atoms with van der Waals surface area (Å²) in [4.78, 5) is 20.2. The van der Waals surface area contributed by atoms with Crippen molar-refractivity contribution in [3.8, 4) is 11.4 Å². The summed E-state index contributed by atoms with van der Waals surface area (Å²) in [5, 5.41) is 11.6. The number of hydrogen-bond acceptors (Lipinski definition) is 6. The molecule has 1 fully saturated rings. The van der Waals surface area contributed by atoms with E-state index in [1.54, 1.807) is 29.6 Å². The first-order valence-electron chi connectivity index (χ1n) is 8.99. The minimum absolute atomic E-state index is 0.123. The molecule has 0 bridgehead atoms. The molecule has 4 rings (SSSR count). The third-order valence-electron chi connectivity index (χ3n) is 4.46. The number of pyridine rings is 1. The van der Waals surface area contributed by atoms with Crippen molar-refractivity contribution in [1.29, 1.82) is 0 Å². The fraction of sp³-hybridized carbons (Fsp3) is 0.263. The number of carbonyl (C=O) groups excluding carboxylic acids is 1. The molecule has 144 valence electrons. The van der Waals surface area contributed by atoms with Crippen LogP contribution in [0.15, 0.2) is 59.5 Å². The zero-order valence-corrected chi connectivity index (χ0v) is 16.6. The van der Waals surface area contributed by atoms with Crippen LogP contribution in [0.3, 0.4) is 0 Å². The van der Waals surface area contributed by atoms with Gasteiger partial charge in [0.15, 0.2) is 5.75 Å². The largest absolute Gasteiger partial charge is 0.415 e. The normalized spacial score (nSPS) is 16.6. The Morgan fingerprint density at radius 2 is 2.00 bits per heavy atom. The van der Waals surface area contributed by atoms with Gasteiger partial charge in [0.05, 0.1) is 12.4 Å². The second kappa shape index (κ2) is 8.39. The van der Waals surface area contributed by atoms with Gasteiger partial charge in [-0.1, -0.05) is 12.1 Å². The lowest BCUT2D eigenvalue weighted by atomic mass is 10.1. The Kier molecular flexibility index (Phi) is 5.52. The topological polar surface area (TPSA) is 85.2 Å². The van der Waals surface area contributed by atoms with Gasteiger partial charge in [-0.15, -0.1) is 4.80 Å². The third-order valence-corrected chi connectivity index (χ3v) is 4.92. The van der Waals surface area contributed by atoms with E-state index in [1.807, 2.05) is 30.3 Å². The molecule has 1 aliphatic rings.